The minimum absolute atomic E-state index is 0.375. The van der Waals surface area contributed by atoms with Gasteiger partial charge in [0, 0.05) is 31.6 Å². The van der Waals surface area contributed by atoms with Gasteiger partial charge in [-0.3, -0.25) is 4.79 Å². The van der Waals surface area contributed by atoms with Crippen molar-refractivity contribution < 1.29 is 4.79 Å². The van der Waals surface area contributed by atoms with Gasteiger partial charge in [0.25, 0.3) is 0 Å². The van der Waals surface area contributed by atoms with Crippen LogP contribution in [-0.4, -0.2) is 29.9 Å². The van der Waals surface area contributed by atoms with E-state index in [4.69, 9.17) is 0 Å². The number of carbonyl (C=O) groups is 1. The molecule has 1 saturated carbocycles. The van der Waals surface area contributed by atoms with Gasteiger partial charge in [0.2, 0.25) is 5.91 Å². The molecule has 1 N–H and O–H groups in total. The molecule has 2 heterocycles. The van der Waals surface area contributed by atoms with E-state index in [1.807, 2.05) is 0 Å². The van der Waals surface area contributed by atoms with E-state index >= 15 is 0 Å². The number of hydrogen-bond acceptors (Lipinski definition) is 3. The van der Waals surface area contributed by atoms with Gasteiger partial charge in [0.05, 0.1) is 0 Å². The Kier molecular flexibility index (Phi) is 3.66. The Balaban J connectivity index is 1.41. The molecule has 18 heavy (non-hydrogen) atoms. The first-order valence-corrected chi connectivity index (χ1v) is 7.80. The fourth-order valence-electron chi connectivity index (χ4n) is 2.55. The Bertz CT molecular complexity index is 392. The lowest BCUT2D eigenvalue weighted by Crippen LogP contribution is -2.45. The number of carbonyl (C=O) groups excluding carboxylic acids is 1. The zero-order chi connectivity index (χ0) is 12.4. The molecule has 2 aliphatic rings. The van der Waals surface area contributed by atoms with Gasteiger partial charge < -0.3 is 10.2 Å². The maximum atomic E-state index is 11.9. The van der Waals surface area contributed by atoms with E-state index in [9.17, 15) is 4.79 Å². The second-order valence-corrected chi connectivity index (χ2v) is 6.17. The summed E-state index contributed by atoms with van der Waals surface area (Å²) in [5.74, 6) is 0.784. The van der Waals surface area contributed by atoms with Crippen molar-refractivity contribution in [1.82, 2.24) is 10.2 Å². The summed E-state index contributed by atoms with van der Waals surface area (Å²) < 4.78 is 0. The van der Waals surface area contributed by atoms with Crippen molar-refractivity contribution >= 4 is 17.2 Å². The van der Waals surface area contributed by atoms with Gasteiger partial charge in [-0.2, -0.15) is 11.3 Å². The van der Waals surface area contributed by atoms with Gasteiger partial charge in [-0.15, -0.1) is 0 Å². The molecule has 1 aliphatic carbocycles. The lowest BCUT2D eigenvalue weighted by molar-refractivity contribution is -0.133. The third kappa shape index (κ3) is 2.93. The molecule has 0 unspecified atom stereocenters. The summed E-state index contributed by atoms with van der Waals surface area (Å²) in [6, 6.07) is 2.75. The van der Waals surface area contributed by atoms with Gasteiger partial charge in [-0.25, -0.2) is 0 Å². The summed E-state index contributed by atoms with van der Waals surface area (Å²) in [5, 5.41) is 7.91. The smallest absolute Gasteiger partial charge is 0.225 e. The largest absolute Gasteiger partial charge is 0.342 e. The Morgan fingerprint density at radius 3 is 2.72 bits per heavy atom. The van der Waals surface area contributed by atoms with Gasteiger partial charge >= 0.3 is 0 Å². The van der Waals surface area contributed by atoms with Crippen LogP contribution in [0, 0.1) is 5.92 Å². The monoisotopic (exact) mass is 264 g/mol. The highest BCUT2D eigenvalue weighted by molar-refractivity contribution is 7.07. The Morgan fingerprint density at radius 1 is 1.33 bits per heavy atom. The molecule has 1 aliphatic heterocycles. The van der Waals surface area contributed by atoms with Gasteiger partial charge in [-0.1, -0.05) is 0 Å². The Labute approximate surface area is 112 Å². The minimum atomic E-state index is 0.375. The highest BCUT2D eigenvalue weighted by atomic mass is 32.1. The molecule has 1 amide bonds. The second kappa shape index (κ2) is 5.41. The van der Waals surface area contributed by atoms with Crippen molar-refractivity contribution in [3.8, 4) is 0 Å². The van der Waals surface area contributed by atoms with Crippen molar-refractivity contribution in [2.75, 3.05) is 13.1 Å². The first kappa shape index (κ1) is 12.2. The van der Waals surface area contributed by atoms with Gasteiger partial charge in [0.15, 0.2) is 0 Å². The predicted molar refractivity (Wildman–Crippen MR) is 73.5 cm³/mol. The van der Waals surface area contributed by atoms with Crippen LogP contribution in [0.1, 0.15) is 31.2 Å². The van der Waals surface area contributed by atoms with Crippen molar-refractivity contribution in [2.45, 2.75) is 38.3 Å². The normalized spacial score (nSPS) is 21.2. The summed E-state index contributed by atoms with van der Waals surface area (Å²) in [6.45, 7) is 2.85. The molecule has 1 aromatic heterocycles. The summed E-state index contributed by atoms with van der Waals surface area (Å²) in [4.78, 5) is 14.0. The van der Waals surface area contributed by atoms with Gasteiger partial charge in [0.1, 0.15) is 0 Å². The molecule has 2 fully saturated rings. The summed E-state index contributed by atoms with van der Waals surface area (Å²) in [7, 11) is 0. The first-order valence-electron chi connectivity index (χ1n) is 6.86. The summed E-state index contributed by atoms with van der Waals surface area (Å²) in [6.07, 6.45) is 4.44. The second-order valence-electron chi connectivity index (χ2n) is 5.39. The first-order chi connectivity index (χ1) is 8.83. The molecular weight excluding hydrogens is 244 g/mol. The maximum absolute atomic E-state index is 11.9. The summed E-state index contributed by atoms with van der Waals surface area (Å²) in [5.41, 5.74) is 1.37. The van der Waals surface area contributed by atoms with Gasteiger partial charge in [-0.05, 0) is 48.1 Å². The number of nitrogens with one attached hydrogen (secondary N) is 1. The average molecular weight is 264 g/mol. The average Bonchev–Trinajstić information content (AvgIpc) is 3.13. The van der Waals surface area contributed by atoms with E-state index < -0.39 is 0 Å². The molecule has 0 aromatic carbocycles. The fourth-order valence-corrected chi connectivity index (χ4v) is 3.22. The van der Waals surface area contributed by atoms with E-state index in [0.29, 0.717) is 17.9 Å². The van der Waals surface area contributed by atoms with E-state index in [2.05, 4.69) is 27.0 Å². The van der Waals surface area contributed by atoms with Crippen LogP contribution in [0.15, 0.2) is 16.8 Å². The molecule has 0 atom stereocenters. The number of hydrogen-bond donors (Lipinski definition) is 1. The highest BCUT2D eigenvalue weighted by Crippen LogP contribution is 2.31. The van der Waals surface area contributed by atoms with Crippen molar-refractivity contribution in [1.29, 1.82) is 0 Å². The molecule has 0 bridgehead atoms. The van der Waals surface area contributed by atoms with Crippen LogP contribution in [0.5, 0.6) is 0 Å². The van der Waals surface area contributed by atoms with Crippen LogP contribution in [0.3, 0.4) is 0 Å². The van der Waals surface area contributed by atoms with Crippen LogP contribution in [0.25, 0.3) is 0 Å². The van der Waals surface area contributed by atoms with Crippen molar-refractivity contribution in [3.05, 3.63) is 22.4 Å². The number of likely N-dealkylation sites (tertiary alicyclic amines) is 1. The third-order valence-electron chi connectivity index (χ3n) is 3.91. The molecule has 3 nitrogen and oxygen atoms in total. The van der Waals surface area contributed by atoms with Crippen LogP contribution < -0.4 is 5.32 Å². The summed E-state index contributed by atoms with van der Waals surface area (Å²) >= 11 is 1.75. The van der Waals surface area contributed by atoms with Crippen LogP contribution >= 0.6 is 11.3 Å². The molecule has 4 heteroatoms. The third-order valence-corrected chi connectivity index (χ3v) is 4.64. The minimum Gasteiger partial charge on any atom is -0.342 e. The lowest BCUT2D eigenvalue weighted by atomic mass is 10.0. The molecule has 0 radical (unpaired) electrons. The number of rotatable bonds is 4. The zero-order valence-electron chi connectivity index (χ0n) is 10.6. The Hall–Kier alpha value is -0.870. The van der Waals surface area contributed by atoms with E-state index in [-0.39, 0.29) is 0 Å². The molecular formula is C14H20N2OS. The molecule has 98 valence electrons. The van der Waals surface area contributed by atoms with E-state index in [1.54, 1.807) is 11.3 Å². The van der Waals surface area contributed by atoms with E-state index in [1.165, 1.54) is 5.56 Å². The van der Waals surface area contributed by atoms with Crippen LogP contribution in [0.4, 0.5) is 0 Å². The van der Waals surface area contributed by atoms with Crippen molar-refractivity contribution in [3.63, 3.8) is 0 Å². The lowest BCUT2D eigenvalue weighted by Gasteiger charge is -2.32. The maximum Gasteiger partial charge on any atom is 0.225 e. The number of piperidine rings is 1. The van der Waals surface area contributed by atoms with Crippen LogP contribution in [-0.2, 0) is 11.3 Å². The van der Waals surface area contributed by atoms with E-state index in [0.717, 1.165) is 45.3 Å². The zero-order valence-corrected chi connectivity index (χ0v) is 11.4. The standard InChI is InChI=1S/C14H20N2OS/c17-14(12-1-2-12)16-6-3-13(4-7-16)15-9-11-5-8-18-10-11/h5,8,10,12-13,15H,1-4,6-7,9H2. The number of thiophene rings is 1. The molecule has 3 rings (SSSR count). The fraction of sp³-hybridized carbons (Fsp3) is 0.643. The predicted octanol–water partition coefficient (Wildman–Crippen LogP) is 2.24. The van der Waals surface area contributed by atoms with Crippen molar-refractivity contribution in [2.24, 2.45) is 5.92 Å². The van der Waals surface area contributed by atoms with Crippen LogP contribution in [0.2, 0.25) is 0 Å². The number of nitrogens with zero attached hydrogens (tertiary/aromatic N) is 1. The SMILES string of the molecule is O=C(C1CC1)N1CCC(NCc2ccsc2)CC1. The quantitative estimate of drug-likeness (QED) is 0.904. The topological polar surface area (TPSA) is 32.3 Å². The molecule has 1 aromatic rings. The Morgan fingerprint density at radius 2 is 2.11 bits per heavy atom. The molecule has 0 spiro atoms. The molecule has 1 saturated heterocycles. The highest BCUT2D eigenvalue weighted by Gasteiger charge is 2.34. The number of amides is 1.